The van der Waals surface area contributed by atoms with Gasteiger partial charge in [0.05, 0.1) is 12.7 Å². The van der Waals surface area contributed by atoms with Gasteiger partial charge < -0.3 is 24.0 Å². The molecule has 0 saturated carbocycles. The molecule has 1 aromatic heterocycles. The number of likely N-dealkylation sites (N-methyl/N-ethyl adjacent to an activating group) is 1. The number of carbonyl (C=O) groups is 1. The number of hydrogen-bond donors (Lipinski definition) is 1. The van der Waals surface area contributed by atoms with Crippen molar-refractivity contribution in [3.05, 3.63) is 59.0 Å². The molecule has 1 fully saturated rings. The number of nitrogens with zero attached hydrogens (tertiary/aromatic N) is 3. The highest BCUT2D eigenvalue weighted by Crippen LogP contribution is 2.36. The molecule has 1 saturated heterocycles. The maximum atomic E-state index is 12.9. The molecular weight excluding hydrogens is 418 g/mol. The van der Waals surface area contributed by atoms with Crippen molar-refractivity contribution in [2.24, 2.45) is 0 Å². The van der Waals surface area contributed by atoms with E-state index in [1.807, 2.05) is 18.2 Å². The summed E-state index contributed by atoms with van der Waals surface area (Å²) in [6, 6.07) is 10.7. The van der Waals surface area contributed by atoms with E-state index >= 15 is 0 Å². The third kappa shape index (κ3) is 3.98. The van der Waals surface area contributed by atoms with Crippen LogP contribution < -0.4 is 9.47 Å². The lowest BCUT2D eigenvalue weighted by molar-refractivity contribution is 0.101. The van der Waals surface area contributed by atoms with Crippen molar-refractivity contribution < 1.29 is 19.4 Å². The van der Waals surface area contributed by atoms with Crippen molar-refractivity contribution in [3.8, 4) is 17.2 Å². The van der Waals surface area contributed by atoms with Gasteiger partial charge in [-0.3, -0.25) is 9.69 Å². The third-order valence-electron chi connectivity index (χ3n) is 6.74. The lowest BCUT2D eigenvalue weighted by Gasteiger charge is -2.32. The summed E-state index contributed by atoms with van der Waals surface area (Å²) in [4.78, 5) is 17.8. The van der Waals surface area contributed by atoms with Crippen LogP contribution in [0.4, 0.5) is 0 Å². The van der Waals surface area contributed by atoms with Gasteiger partial charge >= 0.3 is 0 Å². The highest BCUT2D eigenvalue weighted by Gasteiger charge is 2.28. The largest absolute Gasteiger partial charge is 0.508 e. The minimum atomic E-state index is -0.221. The average Bonchev–Trinajstić information content (AvgIpc) is 3.26. The second-order valence-electron chi connectivity index (χ2n) is 8.80. The lowest BCUT2D eigenvalue weighted by atomic mass is 10.1. The highest BCUT2D eigenvalue weighted by atomic mass is 16.5. The van der Waals surface area contributed by atoms with E-state index in [9.17, 15) is 9.90 Å². The number of piperazine rings is 1. The molecule has 7 nitrogen and oxygen atoms in total. The number of Topliss-reactive ketones (excluding diaryl/α,β-unsaturated/α-hetero) is 1. The monoisotopic (exact) mass is 447 g/mol. The van der Waals surface area contributed by atoms with Gasteiger partial charge in [0, 0.05) is 61.4 Å². The van der Waals surface area contributed by atoms with E-state index in [0.29, 0.717) is 11.3 Å². The summed E-state index contributed by atoms with van der Waals surface area (Å²) < 4.78 is 13.7. The molecule has 0 unspecified atom stereocenters. The Bertz CT molecular complexity index is 1250. The number of fused-ring (bicyclic) bond motifs is 2. The van der Waals surface area contributed by atoms with Crippen molar-refractivity contribution in [3.63, 3.8) is 0 Å². The molecule has 7 heteroatoms. The summed E-state index contributed by atoms with van der Waals surface area (Å²) in [5.74, 6) is 1.33. The Hall–Kier alpha value is -3.29. The zero-order valence-corrected chi connectivity index (χ0v) is 19.3. The molecule has 0 atom stereocenters. The van der Waals surface area contributed by atoms with Crippen molar-refractivity contribution in [1.82, 2.24) is 14.4 Å². The number of methoxy groups -OCH3 is 1. The number of carbonyl (C=O) groups excluding carboxylic acids is 1. The second kappa shape index (κ2) is 8.57. The first-order chi connectivity index (χ1) is 15.9. The molecule has 3 aromatic rings. The maximum Gasteiger partial charge on any atom is 0.232 e. The molecule has 0 amide bonds. The summed E-state index contributed by atoms with van der Waals surface area (Å²) in [6.07, 6.45) is 1.82. The number of ether oxygens (including phenoxy) is 2. The van der Waals surface area contributed by atoms with Crippen molar-refractivity contribution >= 4 is 22.8 Å². The molecule has 2 aromatic carbocycles. The first-order valence-corrected chi connectivity index (χ1v) is 11.3. The van der Waals surface area contributed by atoms with Gasteiger partial charge in [-0.2, -0.15) is 0 Å². The predicted octanol–water partition coefficient (Wildman–Crippen LogP) is 3.53. The van der Waals surface area contributed by atoms with Gasteiger partial charge in [0.25, 0.3) is 0 Å². The van der Waals surface area contributed by atoms with E-state index in [-0.39, 0.29) is 17.3 Å². The van der Waals surface area contributed by atoms with Crippen LogP contribution in [0.15, 0.2) is 42.2 Å². The Morgan fingerprint density at radius 1 is 1.09 bits per heavy atom. The molecular formula is C26H29N3O4. The van der Waals surface area contributed by atoms with Gasteiger partial charge in [0.15, 0.2) is 5.76 Å². The number of phenolic OH excluding ortho intramolecular Hbond substituents is 1. The van der Waals surface area contributed by atoms with Crippen LogP contribution in [0.1, 0.15) is 21.6 Å². The summed E-state index contributed by atoms with van der Waals surface area (Å²) >= 11 is 0. The van der Waals surface area contributed by atoms with Gasteiger partial charge in [-0.25, -0.2) is 0 Å². The molecule has 2 aliphatic rings. The summed E-state index contributed by atoms with van der Waals surface area (Å²) in [5, 5.41) is 10.8. The van der Waals surface area contributed by atoms with Gasteiger partial charge in [-0.15, -0.1) is 0 Å². The number of aromatic nitrogens is 1. The fourth-order valence-corrected chi connectivity index (χ4v) is 4.71. The van der Waals surface area contributed by atoms with Crippen LogP contribution >= 0.6 is 0 Å². The van der Waals surface area contributed by atoms with E-state index in [2.05, 4.69) is 34.4 Å². The SMILES string of the molecule is COc1ccc2c(c1)c(/C=C1\Oc3ccc(O)cc3C1=O)c(C)n2CCN1CCN(C)CC1. The summed E-state index contributed by atoms with van der Waals surface area (Å²) in [7, 11) is 3.82. The Morgan fingerprint density at radius 2 is 1.88 bits per heavy atom. The minimum Gasteiger partial charge on any atom is -0.508 e. The van der Waals surface area contributed by atoms with Gasteiger partial charge in [0.1, 0.15) is 17.2 Å². The number of hydrogen-bond acceptors (Lipinski definition) is 6. The van der Waals surface area contributed by atoms with E-state index in [4.69, 9.17) is 9.47 Å². The first kappa shape index (κ1) is 21.6. The van der Waals surface area contributed by atoms with Crippen LogP contribution in [-0.4, -0.2) is 72.1 Å². The third-order valence-corrected chi connectivity index (χ3v) is 6.74. The Morgan fingerprint density at radius 3 is 2.64 bits per heavy atom. The van der Waals surface area contributed by atoms with Crippen LogP contribution in [0.3, 0.4) is 0 Å². The summed E-state index contributed by atoms with van der Waals surface area (Å²) in [5.41, 5.74) is 3.52. The van der Waals surface area contributed by atoms with Gasteiger partial charge in [0.2, 0.25) is 5.78 Å². The molecule has 0 bridgehead atoms. The molecule has 0 aliphatic carbocycles. The summed E-state index contributed by atoms with van der Waals surface area (Å²) in [6.45, 7) is 8.26. The van der Waals surface area contributed by atoms with Crippen LogP contribution in [0, 0.1) is 6.92 Å². The van der Waals surface area contributed by atoms with Crippen molar-refractivity contribution in [2.75, 3.05) is 46.9 Å². The fourth-order valence-electron chi connectivity index (χ4n) is 4.71. The molecule has 5 rings (SSSR count). The van der Waals surface area contributed by atoms with Crippen LogP contribution in [0.2, 0.25) is 0 Å². The normalized spacial score (nSPS) is 18.2. The highest BCUT2D eigenvalue weighted by molar-refractivity contribution is 6.15. The lowest BCUT2D eigenvalue weighted by Crippen LogP contribution is -2.45. The molecule has 0 radical (unpaired) electrons. The Labute approximate surface area is 193 Å². The molecule has 1 N–H and O–H groups in total. The zero-order chi connectivity index (χ0) is 23.1. The number of rotatable bonds is 5. The Kier molecular flexibility index (Phi) is 5.60. The number of allylic oxidation sites excluding steroid dienone is 1. The maximum absolute atomic E-state index is 12.9. The zero-order valence-electron chi connectivity index (χ0n) is 19.3. The fraction of sp³-hybridized carbons (Fsp3) is 0.346. The molecule has 0 spiro atoms. The molecule has 33 heavy (non-hydrogen) atoms. The number of benzene rings is 2. The van der Waals surface area contributed by atoms with E-state index in [1.165, 1.54) is 12.1 Å². The second-order valence-corrected chi connectivity index (χ2v) is 8.80. The van der Waals surface area contributed by atoms with Crippen molar-refractivity contribution in [1.29, 1.82) is 0 Å². The van der Waals surface area contributed by atoms with Crippen molar-refractivity contribution in [2.45, 2.75) is 13.5 Å². The van der Waals surface area contributed by atoms with Gasteiger partial charge in [-0.1, -0.05) is 0 Å². The number of aromatic hydroxyl groups is 1. The van der Waals surface area contributed by atoms with Crippen LogP contribution in [0.25, 0.3) is 17.0 Å². The van der Waals surface area contributed by atoms with Crippen LogP contribution in [0.5, 0.6) is 17.2 Å². The first-order valence-electron chi connectivity index (χ1n) is 11.3. The van der Waals surface area contributed by atoms with Crippen LogP contribution in [-0.2, 0) is 6.54 Å². The quantitative estimate of drug-likeness (QED) is 0.604. The van der Waals surface area contributed by atoms with E-state index in [1.54, 1.807) is 13.2 Å². The van der Waals surface area contributed by atoms with Gasteiger partial charge in [-0.05, 0) is 56.4 Å². The van der Waals surface area contributed by atoms with E-state index < -0.39 is 0 Å². The molecule has 2 aliphatic heterocycles. The predicted molar refractivity (Wildman–Crippen MR) is 128 cm³/mol. The standard InChI is InChI=1S/C26H29N3O4/c1-17-20(16-25-26(31)22-14-18(30)4-7-24(22)33-25)21-15-19(32-3)5-6-23(21)29(17)13-12-28-10-8-27(2)9-11-28/h4-7,14-16,30H,8-13H2,1-3H3/b25-16-. The van der Waals surface area contributed by atoms with E-state index in [0.717, 1.165) is 67.2 Å². The smallest absolute Gasteiger partial charge is 0.232 e. The Balaban J connectivity index is 1.51. The molecule has 3 heterocycles. The number of phenols is 1. The topological polar surface area (TPSA) is 67.2 Å². The molecule has 172 valence electrons. The minimum absolute atomic E-state index is 0.0494. The number of ketones is 1. The average molecular weight is 448 g/mol.